The molecule has 0 amide bonds. The number of rotatable bonds is 0. The van der Waals surface area contributed by atoms with Crippen LogP contribution >= 0.6 is 0 Å². The van der Waals surface area contributed by atoms with Crippen LogP contribution in [0.3, 0.4) is 0 Å². The maximum atomic E-state index is 11.3. The Morgan fingerprint density at radius 2 is 2.45 bits per heavy atom. The number of aryl methyl sites for hydroxylation is 1. The van der Waals surface area contributed by atoms with E-state index in [9.17, 15) is 4.79 Å². The highest BCUT2D eigenvalue weighted by atomic mass is 16.1. The molecule has 56 valence electrons. The van der Waals surface area contributed by atoms with Gasteiger partial charge >= 0.3 is 0 Å². The van der Waals surface area contributed by atoms with E-state index in [1.54, 1.807) is 25.5 Å². The minimum atomic E-state index is -0.0174. The predicted molar refractivity (Wildman–Crippen MR) is 40.5 cm³/mol. The zero-order chi connectivity index (χ0) is 7.84. The molecule has 0 saturated carbocycles. The first-order valence-corrected chi connectivity index (χ1v) is 3.30. The average molecular weight is 149 g/mol. The molecule has 0 aliphatic rings. The molecule has 2 aromatic rings. The van der Waals surface area contributed by atoms with Gasteiger partial charge in [0.2, 0.25) is 5.78 Å². The van der Waals surface area contributed by atoms with E-state index in [1.165, 1.54) is 4.40 Å². The van der Waals surface area contributed by atoms with Crippen molar-refractivity contribution in [3.8, 4) is 0 Å². The normalized spacial score (nSPS) is 10.6. The monoisotopic (exact) mass is 149 g/mol. The highest BCUT2D eigenvalue weighted by Crippen LogP contribution is 1.91. The summed E-state index contributed by atoms with van der Waals surface area (Å²) >= 11 is 0. The van der Waals surface area contributed by atoms with Crippen molar-refractivity contribution in [2.75, 3.05) is 0 Å². The van der Waals surface area contributed by atoms with E-state index in [0.717, 1.165) is 0 Å². The molecule has 0 bridgehead atoms. The van der Waals surface area contributed by atoms with Gasteiger partial charge in [0.05, 0.1) is 0 Å². The summed E-state index contributed by atoms with van der Waals surface area (Å²) in [4.78, 5) is 18.1. The number of nitrogens with one attached hydrogen (secondary N) is 1. The van der Waals surface area contributed by atoms with Gasteiger partial charge in [0, 0.05) is 24.2 Å². The van der Waals surface area contributed by atoms with Gasteiger partial charge in [-0.1, -0.05) is 0 Å². The summed E-state index contributed by atoms with van der Waals surface area (Å²) in [6, 6.07) is 0. The van der Waals surface area contributed by atoms with Crippen molar-refractivity contribution in [1.82, 2.24) is 14.4 Å². The second-order valence-electron chi connectivity index (χ2n) is 2.40. The predicted octanol–water partition coefficient (Wildman–Crippen LogP) is 0.331. The van der Waals surface area contributed by atoms with Crippen LogP contribution in [0.25, 0.3) is 5.78 Å². The summed E-state index contributed by atoms with van der Waals surface area (Å²) in [5, 5.41) is 0. The lowest BCUT2D eigenvalue weighted by molar-refractivity contribution is 1.02. The molecule has 4 nitrogen and oxygen atoms in total. The van der Waals surface area contributed by atoms with Crippen molar-refractivity contribution in [3.63, 3.8) is 0 Å². The van der Waals surface area contributed by atoms with Crippen LogP contribution in [0.1, 0.15) is 5.56 Å². The molecule has 0 aliphatic heterocycles. The van der Waals surface area contributed by atoms with Crippen LogP contribution in [0.15, 0.2) is 23.4 Å². The van der Waals surface area contributed by atoms with Crippen LogP contribution in [0.2, 0.25) is 0 Å². The Hall–Kier alpha value is -1.58. The first kappa shape index (κ1) is 6.15. The number of aromatic amines is 1. The molecule has 0 saturated heterocycles. The first-order chi connectivity index (χ1) is 5.29. The van der Waals surface area contributed by atoms with Crippen LogP contribution in [0.4, 0.5) is 0 Å². The number of hydrogen-bond donors (Lipinski definition) is 1. The molecule has 0 aromatic carbocycles. The summed E-state index contributed by atoms with van der Waals surface area (Å²) in [5.41, 5.74) is 0.637. The van der Waals surface area contributed by atoms with Crippen molar-refractivity contribution in [1.29, 1.82) is 0 Å². The first-order valence-electron chi connectivity index (χ1n) is 3.30. The number of fused-ring (bicyclic) bond motifs is 1. The highest BCUT2D eigenvalue weighted by molar-refractivity contribution is 5.28. The molecule has 0 fully saturated rings. The minimum absolute atomic E-state index is 0.0174. The Kier molecular flexibility index (Phi) is 1.09. The van der Waals surface area contributed by atoms with Crippen molar-refractivity contribution in [2.24, 2.45) is 0 Å². The molecular formula is C7H7N3O. The number of nitrogens with zero attached hydrogens (tertiary/aromatic N) is 2. The molecule has 2 aromatic heterocycles. The van der Waals surface area contributed by atoms with Crippen molar-refractivity contribution < 1.29 is 0 Å². The molecule has 4 heteroatoms. The van der Waals surface area contributed by atoms with E-state index in [4.69, 9.17) is 0 Å². The van der Waals surface area contributed by atoms with Crippen LogP contribution in [0, 0.1) is 6.92 Å². The molecule has 1 N–H and O–H groups in total. The van der Waals surface area contributed by atoms with E-state index >= 15 is 0 Å². The lowest BCUT2D eigenvalue weighted by atomic mass is 10.4. The molecule has 0 atom stereocenters. The van der Waals surface area contributed by atoms with Crippen molar-refractivity contribution in [2.45, 2.75) is 6.92 Å². The van der Waals surface area contributed by atoms with Gasteiger partial charge in [-0.15, -0.1) is 0 Å². The van der Waals surface area contributed by atoms with E-state index in [0.29, 0.717) is 11.3 Å². The minimum Gasteiger partial charge on any atom is -0.330 e. The molecule has 0 radical (unpaired) electrons. The van der Waals surface area contributed by atoms with E-state index in [2.05, 4.69) is 9.97 Å². The third kappa shape index (κ3) is 0.756. The number of aromatic nitrogens is 3. The fourth-order valence-electron chi connectivity index (χ4n) is 0.993. The summed E-state index contributed by atoms with van der Waals surface area (Å²) in [6.45, 7) is 1.74. The van der Waals surface area contributed by atoms with Gasteiger partial charge in [-0.3, -0.25) is 9.20 Å². The van der Waals surface area contributed by atoms with Gasteiger partial charge in [0.25, 0.3) is 5.56 Å². The number of hydrogen-bond acceptors (Lipinski definition) is 2. The fraction of sp³-hybridized carbons (Fsp3) is 0.143. The van der Waals surface area contributed by atoms with Gasteiger partial charge < -0.3 is 4.98 Å². The van der Waals surface area contributed by atoms with Crippen LogP contribution < -0.4 is 5.56 Å². The third-order valence-electron chi connectivity index (χ3n) is 1.60. The largest absolute Gasteiger partial charge is 0.330 e. The average Bonchev–Trinajstić information content (AvgIpc) is 2.45. The van der Waals surface area contributed by atoms with E-state index in [-0.39, 0.29) is 5.56 Å². The third-order valence-corrected chi connectivity index (χ3v) is 1.60. The molecular weight excluding hydrogens is 142 g/mol. The highest BCUT2D eigenvalue weighted by Gasteiger charge is 1.98. The molecule has 2 heterocycles. The van der Waals surface area contributed by atoms with Gasteiger partial charge in [-0.25, -0.2) is 4.98 Å². The maximum absolute atomic E-state index is 11.3. The second kappa shape index (κ2) is 1.95. The van der Waals surface area contributed by atoms with Crippen molar-refractivity contribution in [3.05, 3.63) is 34.5 Å². The van der Waals surface area contributed by atoms with Gasteiger partial charge in [-0.2, -0.15) is 0 Å². The molecule has 0 unspecified atom stereocenters. The molecule has 0 spiro atoms. The van der Waals surface area contributed by atoms with Crippen LogP contribution in [-0.4, -0.2) is 14.4 Å². The number of H-pyrrole nitrogens is 1. The van der Waals surface area contributed by atoms with Crippen LogP contribution in [-0.2, 0) is 0 Å². The molecule has 11 heavy (non-hydrogen) atoms. The molecule has 0 aliphatic carbocycles. The topological polar surface area (TPSA) is 50.2 Å². The Morgan fingerprint density at radius 3 is 3.27 bits per heavy atom. The summed E-state index contributed by atoms with van der Waals surface area (Å²) in [7, 11) is 0. The maximum Gasteiger partial charge on any atom is 0.261 e. The van der Waals surface area contributed by atoms with Crippen molar-refractivity contribution >= 4 is 5.78 Å². The van der Waals surface area contributed by atoms with Gasteiger partial charge in [0.15, 0.2) is 0 Å². The summed E-state index contributed by atoms with van der Waals surface area (Å²) < 4.78 is 1.48. The second-order valence-corrected chi connectivity index (χ2v) is 2.40. The summed E-state index contributed by atoms with van der Waals surface area (Å²) in [5.74, 6) is 0.584. The van der Waals surface area contributed by atoms with E-state index < -0.39 is 0 Å². The quantitative estimate of drug-likeness (QED) is 0.586. The zero-order valence-corrected chi connectivity index (χ0v) is 6.03. The summed E-state index contributed by atoms with van der Waals surface area (Å²) in [6.07, 6.45) is 4.91. The van der Waals surface area contributed by atoms with Crippen LogP contribution in [0.5, 0.6) is 0 Å². The standard InChI is InChI=1S/C7H7N3O/c1-5-4-9-7-8-2-3-10(7)6(5)11/h2-4H,1H3,(H,8,9). The zero-order valence-electron chi connectivity index (χ0n) is 6.03. The Balaban J connectivity index is 3.05. The smallest absolute Gasteiger partial charge is 0.261 e. The SMILES string of the molecule is Cc1cnc2[nH]ccn2c1=O. The Morgan fingerprint density at radius 1 is 1.64 bits per heavy atom. The molecule has 2 rings (SSSR count). The lowest BCUT2D eigenvalue weighted by Crippen LogP contribution is -2.14. The Labute approximate surface area is 62.5 Å². The number of imidazole rings is 1. The lowest BCUT2D eigenvalue weighted by Gasteiger charge is -1.91. The fourth-order valence-corrected chi connectivity index (χ4v) is 0.993. The van der Waals surface area contributed by atoms with Gasteiger partial charge in [0.1, 0.15) is 0 Å². The van der Waals surface area contributed by atoms with Gasteiger partial charge in [-0.05, 0) is 6.92 Å². The Bertz CT molecular complexity index is 440. The van der Waals surface area contributed by atoms with E-state index in [1.807, 2.05) is 0 Å².